The first-order valence-electron chi connectivity index (χ1n) is 5.32. The number of ether oxygens (including phenoxy) is 1. The van der Waals surface area contributed by atoms with Gasteiger partial charge < -0.3 is 14.7 Å². The van der Waals surface area contributed by atoms with E-state index in [1.807, 2.05) is 0 Å². The molecule has 0 saturated heterocycles. The first-order valence-corrected chi connectivity index (χ1v) is 5.70. The molecule has 0 atom stereocenters. The summed E-state index contributed by atoms with van der Waals surface area (Å²) in [4.78, 5) is 11.7. The molecule has 0 bridgehead atoms. The lowest BCUT2D eigenvalue weighted by Gasteiger charge is -2.22. The molecule has 1 aromatic rings. The van der Waals surface area contributed by atoms with Gasteiger partial charge in [-0.1, -0.05) is 0 Å². The van der Waals surface area contributed by atoms with E-state index in [2.05, 4.69) is 15.0 Å². The summed E-state index contributed by atoms with van der Waals surface area (Å²) in [6.07, 6.45) is -4.46. The summed E-state index contributed by atoms with van der Waals surface area (Å²) in [6.45, 7) is -0.175. The van der Waals surface area contributed by atoms with Crippen LogP contribution < -0.4 is 9.64 Å². The van der Waals surface area contributed by atoms with Crippen molar-refractivity contribution in [2.45, 2.75) is 13.1 Å². The van der Waals surface area contributed by atoms with Gasteiger partial charge in [0.05, 0.1) is 13.2 Å². The predicted octanol–water partition coefficient (Wildman–Crippen LogP) is 1.28. The number of hydrogen-bond acceptors (Lipinski definition) is 6. The molecule has 0 fully saturated rings. The van der Waals surface area contributed by atoms with E-state index in [1.165, 1.54) is 0 Å². The zero-order valence-electron chi connectivity index (χ0n) is 9.98. The number of aliphatic hydroxyl groups is 1. The molecule has 0 radical (unpaired) electrons. The van der Waals surface area contributed by atoms with Crippen LogP contribution in [0.1, 0.15) is 6.92 Å². The summed E-state index contributed by atoms with van der Waals surface area (Å²) in [6, 6.07) is -0.164. The molecular formula is C9H12ClF3N4O2. The number of alkyl halides is 3. The highest BCUT2D eigenvalue weighted by molar-refractivity contribution is 6.28. The third-order valence-corrected chi connectivity index (χ3v) is 2.04. The fourth-order valence-electron chi connectivity index (χ4n) is 1.24. The summed E-state index contributed by atoms with van der Waals surface area (Å²) in [5.41, 5.74) is 0. The first-order chi connectivity index (χ1) is 8.85. The normalized spacial score (nSPS) is 11.5. The van der Waals surface area contributed by atoms with Gasteiger partial charge in [-0.15, -0.1) is 0 Å². The van der Waals surface area contributed by atoms with E-state index in [-0.39, 0.29) is 30.4 Å². The second-order valence-corrected chi connectivity index (χ2v) is 3.72. The third kappa shape index (κ3) is 5.43. The number of aromatic nitrogens is 3. The minimum Gasteiger partial charge on any atom is -0.464 e. The molecular weight excluding hydrogens is 289 g/mol. The van der Waals surface area contributed by atoms with Crippen LogP contribution in [0, 0.1) is 0 Å². The highest BCUT2D eigenvalue weighted by Crippen LogP contribution is 2.21. The summed E-state index contributed by atoms with van der Waals surface area (Å²) in [5, 5.41) is 8.51. The monoisotopic (exact) mass is 300 g/mol. The molecule has 19 heavy (non-hydrogen) atoms. The predicted molar refractivity (Wildman–Crippen MR) is 61.4 cm³/mol. The number of halogens is 4. The number of nitrogens with zero attached hydrogens (tertiary/aromatic N) is 4. The van der Waals surface area contributed by atoms with E-state index in [0.717, 1.165) is 4.90 Å². The highest BCUT2D eigenvalue weighted by Gasteiger charge is 2.32. The first kappa shape index (κ1) is 15.7. The van der Waals surface area contributed by atoms with Gasteiger partial charge in [0.15, 0.2) is 0 Å². The summed E-state index contributed by atoms with van der Waals surface area (Å²) in [5.74, 6) is -0.296. The van der Waals surface area contributed by atoms with Gasteiger partial charge in [0, 0.05) is 6.54 Å². The third-order valence-electron chi connectivity index (χ3n) is 1.87. The van der Waals surface area contributed by atoms with Crippen LogP contribution in [0.25, 0.3) is 0 Å². The van der Waals surface area contributed by atoms with Crippen molar-refractivity contribution in [2.75, 3.05) is 31.2 Å². The molecule has 1 rings (SSSR count). The van der Waals surface area contributed by atoms with Crippen LogP contribution in [0.5, 0.6) is 6.01 Å². The van der Waals surface area contributed by atoms with Gasteiger partial charge in [-0.3, -0.25) is 0 Å². The van der Waals surface area contributed by atoms with Crippen LogP contribution in [0.3, 0.4) is 0 Å². The van der Waals surface area contributed by atoms with Crippen LogP contribution in [-0.4, -0.2) is 52.5 Å². The quantitative estimate of drug-likeness (QED) is 0.853. The fraction of sp³-hybridized carbons (Fsp3) is 0.667. The Bertz CT molecular complexity index is 419. The average Bonchev–Trinajstić information content (AvgIpc) is 2.26. The van der Waals surface area contributed by atoms with E-state index in [0.29, 0.717) is 0 Å². The van der Waals surface area contributed by atoms with Gasteiger partial charge in [0.25, 0.3) is 0 Å². The van der Waals surface area contributed by atoms with Crippen molar-refractivity contribution in [3.63, 3.8) is 0 Å². The SMILES string of the molecule is CCOc1nc(Cl)nc(N(CCO)CC(F)(F)F)n1. The Labute approximate surface area is 112 Å². The molecule has 108 valence electrons. The Balaban J connectivity index is 3.00. The van der Waals surface area contributed by atoms with Gasteiger partial charge in [-0.25, -0.2) is 0 Å². The van der Waals surface area contributed by atoms with Crippen molar-refractivity contribution < 1.29 is 23.0 Å². The lowest BCUT2D eigenvalue weighted by Crippen LogP contribution is -2.37. The van der Waals surface area contributed by atoms with E-state index in [1.54, 1.807) is 6.92 Å². The largest absolute Gasteiger partial charge is 0.464 e. The average molecular weight is 301 g/mol. The van der Waals surface area contributed by atoms with Crippen molar-refractivity contribution in [1.29, 1.82) is 0 Å². The van der Waals surface area contributed by atoms with Crippen LogP contribution in [-0.2, 0) is 0 Å². The smallest absolute Gasteiger partial charge is 0.406 e. The standard InChI is InChI=1S/C9H12ClF3N4O2/c1-2-19-8-15-6(10)14-7(16-8)17(3-4-18)5-9(11,12)13/h18H,2-5H2,1H3. The maximum atomic E-state index is 12.4. The molecule has 6 nitrogen and oxygen atoms in total. The second kappa shape index (κ2) is 6.71. The number of anilines is 1. The molecule has 0 saturated carbocycles. The minimum absolute atomic E-state index is 0.164. The Hall–Kier alpha value is -1.35. The molecule has 1 heterocycles. The number of aliphatic hydroxyl groups excluding tert-OH is 1. The van der Waals surface area contributed by atoms with E-state index in [4.69, 9.17) is 21.4 Å². The maximum Gasteiger partial charge on any atom is 0.406 e. The van der Waals surface area contributed by atoms with Crippen molar-refractivity contribution >= 4 is 17.5 Å². The number of rotatable bonds is 6. The van der Waals surface area contributed by atoms with Crippen LogP contribution >= 0.6 is 11.6 Å². The Kier molecular flexibility index (Phi) is 5.55. The van der Waals surface area contributed by atoms with Crippen LogP contribution in [0.2, 0.25) is 5.28 Å². The molecule has 0 amide bonds. The fourth-order valence-corrected chi connectivity index (χ4v) is 1.39. The van der Waals surface area contributed by atoms with Crippen LogP contribution in [0.15, 0.2) is 0 Å². The Morgan fingerprint density at radius 3 is 2.53 bits per heavy atom. The molecule has 1 N–H and O–H groups in total. The maximum absolute atomic E-state index is 12.4. The molecule has 0 aliphatic rings. The van der Waals surface area contributed by atoms with Crippen molar-refractivity contribution in [2.24, 2.45) is 0 Å². The molecule has 0 spiro atoms. The molecule has 10 heteroatoms. The van der Waals surface area contributed by atoms with Crippen LogP contribution in [0.4, 0.5) is 19.1 Å². The van der Waals surface area contributed by atoms with Crippen molar-refractivity contribution in [3.05, 3.63) is 5.28 Å². The summed E-state index contributed by atoms with van der Waals surface area (Å²) >= 11 is 5.59. The highest BCUT2D eigenvalue weighted by atomic mass is 35.5. The van der Waals surface area contributed by atoms with Gasteiger partial charge in [-0.2, -0.15) is 28.1 Å². The van der Waals surface area contributed by atoms with Gasteiger partial charge in [0.1, 0.15) is 6.54 Å². The zero-order chi connectivity index (χ0) is 14.5. The van der Waals surface area contributed by atoms with Crippen molar-refractivity contribution in [1.82, 2.24) is 15.0 Å². The molecule has 0 aromatic carbocycles. The molecule has 0 aliphatic carbocycles. The van der Waals surface area contributed by atoms with Gasteiger partial charge in [0.2, 0.25) is 11.2 Å². The zero-order valence-corrected chi connectivity index (χ0v) is 10.7. The van der Waals surface area contributed by atoms with Crippen molar-refractivity contribution in [3.8, 4) is 6.01 Å². The molecule has 1 aromatic heterocycles. The Morgan fingerprint density at radius 2 is 2.00 bits per heavy atom. The summed E-state index contributed by atoms with van der Waals surface area (Å²) < 4.78 is 42.2. The number of hydrogen-bond donors (Lipinski definition) is 1. The van der Waals surface area contributed by atoms with E-state index >= 15 is 0 Å². The minimum atomic E-state index is -4.46. The van der Waals surface area contributed by atoms with Gasteiger partial charge in [-0.05, 0) is 18.5 Å². The summed E-state index contributed by atoms with van der Waals surface area (Å²) in [7, 11) is 0. The molecule has 0 unspecified atom stereocenters. The van der Waals surface area contributed by atoms with Gasteiger partial charge >= 0.3 is 12.2 Å². The Morgan fingerprint density at radius 1 is 1.32 bits per heavy atom. The van der Waals surface area contributed by atoms with E-state index in [9.17, 15) is 13.2 Å². The van der Waals surface area contributed by atoms with E-state index < -0.39 is 19.3 Å². The topological polar surface area (TPSA) is 71.4 Å². The molecule has 0 aliphatic heterocycles. The lowest BCUT2D eigenvalue weighted by atomic mass is 10.5. The lowest BCUT2D eigenvalue weighted by molar-refractivity contribution is -0.120. The second-order valence-electron chi connectivity index (χ2n) is 3.38.